The number of rotatable bonds is 5. The molecule has 7 heteroatoms. The number of hydrogen-bond donors (Lipinski definition) is 0. The van der Waals surface area contributed by atoms with Crippen LogP contribution in [0.5, 0.6) is 0 Å². The topological polar surface area (TPSA) is 59.8 Å². The highest BCUT2D eigenvalue weighted by atomic mass is 35.5. The molecule has 0 atom stereocenters. The zero-order valence-electron chi connectivity index (χ0n) is 14.8. The summed E-state index contributed by atoms with van der Waals surface area (Å²) in [5, 5.41) is 1.25. The second kappa shape index (κ2) is 7.80. The monoisotopic (exact) mass is 389 g/mol. The van der Waals surface area contributed by atoms with Crippen molar-refractivity contribution in [2.24, 2.45) is 0 Å². The first kappa shape index (κ1) is 18.9. The van der Waals surface area contributed by atoms with E-state index >= 15 is 0 Å². The Morgan fingerprint density at radius 1 is 1.19 bits per heavy atom. The minimum Gasteiger partial charge on any atom is -0.450 e. The van der Waals surface area contributed by atoms with Crippen molar-refractivity contribution in [3.63, 3.8) is 0 Å². The summed E-state index contributed by atoms with van der Waals surface area (Å²) >= 11 is 5.96. The highest BCUT2D eigenvalue weighted by Crippen LogP contribution is 2.28. The van der Waals surface area contributed by atoms with Crippen LogP contribution in [0.1, 0.15) is 21.7 Å². The zero-order valence-corrected chi connectivity index (χ0v) is 15.5. The van der Waals surface area contributed by atoms with Gasteiger partial charge < -0.3 is 14.1 Å². The Bertz CT molecular complexity index is 997. The van der Waals surface area contributed by atoms with Gasteiger partial charge in [-0.2, -0.15) is 0 Å². The summed E-state index contributed by atoms with van der Waals surface area (Å²) in [6.07, 6.45) is 0. The highest BCUT2D eigenvalue weighted by Gasteiger charge is 2.21. The van der Waals surface area contributed by atoms with Gasteiger partial charge >= 0.3 is 5.97 Å². The van der Waals surface area contributed by atoms with E-state index in [4.69, 9.17) is 20.8 Å². The van der Waals surface area contributed by atoms with Gasteiger partial charge in [-0.1, -0.05) is 23.7 Å². The molecule has 3 aromatic rings. The van der Waals surface area contributed by atoms with Crippen LogP contribution in [0.25, 0.3) is 11.0 Å². The fourth-order valence-corrected chi connectivity index (χ4v) is 2.81. The van der Waals surface area contributed by atoms with E-state index in [9.17, 15) is 14.0 Å². The Hall–Kier alpha value is -2.86. The maximum Gasteiger partial charge on any atom is 0.375 e. The molecule has 0 N–H and O–H groups in total. The fraction of sp³-hybridized carbons (Fsp3) is 0.200. The molecule has 0 spiro atoms. The third-order valence-electron chi connectivity index (χ3n) is 4.17. The van der Waals surface area contributed by atoms with Gasteiger partial charge in [0.2, 0.25) is 5.76 Å². The third kappa shape index (κ3) is 4.28. The van der Waals surface area contributed by atoms with E-state index in [1.54, 1.807) is 44.3 Å². The van der Waals surface area contributed by atoms with Crippen molar-refractivity contribution < 1.29 is 23.1 Å². The van der Waals surface area contributed by atoms with E-state index in [2.05, 4.69) is 0 Å². The van der Waals surface area contributed by atoms with Gasteiger partial charge in [0, 0.05) is 29.6 Å². The number of esters is 1. The molecule has 0 bridgehead atoms. The van der Waals surface area contributed by atoms with Crippen LogP contribution in [0, 0.1) is 12.7 Å². The second-order valence-electron chi connectivity index (χ2n) is 6.15. The van der Waals surface area contributed by atoms with E-state index in [-0.39, 0.29) is 24.0 Å². The quantitative estimate of drug-likeness (QED) is 0.609. The third-order valence-corrected chi connectivity index (χ3v) is 4.40. The molecule has 1 aromatic heterocycles. The van der Waals surface area contributed by atoms with E-state index in [0.717, 1.165) is 5.56 Å². The standard InChI is InChI=1S/C20H17ClFNO4/c1-12-16-9-14(21)5-8-17(16)27-19(12)20(25)26-11-18(24)23(2)10-13-3-6-15(22)7-4-13/h3-9H,10-11H2,1-2H3. The van der Waals surface area contributed by atoms with Crippen LogP contribution in [0.3, 0.4) is 0 Å². The van der Waals surface area contributed by atoms with Gasteiger partial charge in [-0.15, -0.1) is 0 Å². The lowest BCUT2D eigenvalue weighted by molar-refractivity contribution is -0.133. The average Bonchev–Trinajstić information content (AvgIpc) is 2.97. The number of furan rings is 1. The van der Waals surface area contributed by atoms with E-state index in [1.165, 1.54) is 17.0 Å². The maximum atomic E-state index is 12.9. The first-order valence-electron chi connectivity index (χ1n) is 8.19. The number of benzene rings is 2. The van der Waals surface area contributed by atoms with Gasteiger partial charge in [0.1, 0.15) is 11.4 Å². The number of amides is 1. The van der Waals surface area contributed by atoms with Crippen molar-refractivity contribution in [1.82, 2.24) is 4.90 Å². The lowest BCUT2D eigenvalue weighted by Gasteiger charge is -2.17. The minimum absolute atomic E-state index is 0.0428. The van der Waals surface area contributed by atoms with Gasteiger partial charge in [-0.05, 0) is 42.8 Å². The zero-order chi connectivity index (χ0) is 19.6. The van der Waals surface area contributed by atoms with Crippen LogP contribution in [0.15, 0.2) is 46.9 Å². The molecule has 1 heterocycles. The van der Waals surface area contributed by atoms with Crippen LogP contribution >= 0.6 is 11.6 Å². The van der Waals surface area contributed by atoms with Crippen molar-refractivity contribution >= 4 is 34.4 Å². The number of nitrogens with zero attached hydrogens (tertiary/aromatic N) is 1. The average molecular weight is 390 g/mol. The van der Waals surface area contributed by atoms with Crippen molar-refractivity contribution in [1.29, 1.82) is 0 Å². The minimum atomic E-state index is -0.719. The maximum absolute atomic E-state index is 12.9. The molecule has 0 saturated carbocycles. The molecule has 27 heavy (non-hydrogen) atoms. The number of hydrogen-bond acceptors (Lipinski definition) is 4. The van der Waals surface area contributed by atoms with Crippen molar-refractivity contribution in [2.45, 2.75) is 13.5 Å². The van der Waals surface area contributed by atoms with Crippen LogP contribution in [0.4, 0.5) is 4.39 Å². The smallest absolute Gasteiger partial charge is 0.375 e. The number of likely N-dealkylation sites (N-methyl/N-ethyl adjacent to an activating group) is 1. The summed E-state index contributed by atoms with van der Waals surface area (Å²) in [7, 11) is 1.58. The number of halogens is 2. The lowest BCUT2D eigenvalue weighted by atomic mass is 10.1. The Balaban J connectivity index is 1.62. The number of aryl methyl sites for hydroxylation is 1. The molecule has 3 rings (SSSR count). The van der Waals surface area contributed by atoms with E-state index in [1.807, 2.05) is 0 Å². The first-order chi connectivity index (χ1) is 12.8. The normalized spacial score (nSPS) is 10.8. The van der Waals surface area contributed by atoms with Crippen LogP contribution in [-0.2, 0) is 16.1 Å². The molecule has 0 aliphatic rings. The molecule has 1 amide bonds. The summed E-state index contributed by atoms with van der Waals surface area (Å²) in [4.78, 5) is 25.9. The summed E-state index contributed by atoms with van der Waals surface area (Å²) in [5.74, 6) is -1.40. The molecule has 0 aliphatic carbocycles. The molecule has 140 valence electrons. The summed E-state index contributed by atoms with van der Waals surface area (Å²) in [6.45, 7) is 1.58. The Morgan fingerprint density at radius 3 is 2.59 bits per heavy atom. The van der Waals surface area contributed by atoms with Crippen LogP contribution in [-0.4, -0.2) is 30.4 Å². The molecule has 0 fully saturated rings. The molecular weight excluding hydrogens is 373 g/mol. The lowest BCUT2D eigenvalue weighted by Crippen LogP contribution is -2.30. The molecule has 5 nitrogen and oxygen atoms in total. The van der Waals surface area contributed by atoms with E-state index in [0.29, 0.717) is 21.6 Å². The van der Waals surface area contributed by atoms with Crippen LogP contribution in [0.2, 0.25) is 5.02 Å². The van der Waals surface area contributed by atoms with Crippen molar-refractivity contribution in [3.05, 3.63) is 70.2 Å². The Labute approximate surface area is 160 Å². The SMILES string of the molecule is Cc1c(C(=O)OCC(=O)N(C)Cc2ccc(F)cc2)oc2ccc(Cl)cc12. The molecule has 0 radical (unpaired) electrons. The van der Waals surface area contributed by atoms with Crippen molar-refractivity contribution in [3.8, 4) is 0 Å². The highest BCUT2D eigenvalue weighted by molar-refractivity contribution is 6.31. The van der Waals surface area contributed by atoms with Crippen molar-refractivity contribution in [2.75, 3.05) is 13.7 Å². The first-order valence-corrected chi connectivity index (χ1v) is 8.57. The summed E-state index contributed by atoms with van der Waals surface area (Å²) in [5.41, 5.74) is 1.89. The molecule has 0 aliphatic heterocycles. The number of carbonyl (C=O) groups is 2. The van der Waals surface area contributed by atoms with Gasteiger partial charge in [-0.3, -0.25) is 4.79 Å². The predicted molar refractivity (Wildman–Crippen MR) is 99.1 cm³/mol. The van der Waals surface area contributed by atoms with Crippen LogP contribution < -0.4 is 0 Å². The molecular formula is C20H17ClFNO4. The summed E-state index contributed by atoms with van der Waals surface area (Å²) < 4.78 is 23.5. The number of ether oxygens (including phenoxy) is 1. The Kier molecular flexibility index (Phi) is 5.46. The Morgan fingerprint density at radius 2 is 1.89 bits per heavy atom. The summed E-state index contributed by atoms with van der Waals surface area (Å²) in [6, 6.07) is 10.9. The van der Waals surface area contributed by atoms with Gasteiger partial charge in [0.05, 0.1) is 0 Å². The number of fused-ring (bicyclic) bond motifs is 1. The van der Waals surface area contributed by atoms with Gasteiger partial charge in [0.25, 0.3) is 5.91 Å². The van der Waals surface area contributed by atoms with E-state index < -0.39 is 12.6 Å². The number of carbonyl (C=O) groups excluding carboxylic acids is 2. The largest absolute Gasteiger partial charge is 0.450 e. The van der Waals surface area contributed by atoms with Gasteiger partial charge in [-0.25, -0.2) is 9.18 Å². The predicted octanol–water partition coefficient (Wildman–Crippen LogP) is 4.35. The van der Waals surface area contributed by atoms with Gasteiger partial charge in [0.15, 0.2) is 6.61 Å². The molecule has 0 saturated heterocycles. The molecule has 0 unspecified atom stereocenters. The fourth-order valence-electron chi connectivity index (χ4n) is 2.64. The second-order valence-corrected chi connectivity index (χ2v) is 6.59. The molecule has 2 aromatic carbocycles.